The molecule has 6 aromatic rings. The lowest BCUT2D eigenvalue weighted by atomic mass is 10.0. The lowest BCUT2D eigenvalue weighted by Gasteiger charge is -2.17. The molecule has 3 atom stereocenters. The molecule has 0 spiro atoms. The number of fused-ring (bicyclic) bond motifs is 2. The van der Waals surface area contributed by atoms with Gasteiger partial charge in [-0.05, 0) is 92.9 Å². The maximum Gasteiger partial charge on any atom is 0.338 e. The van der Waals surface area contributed by atoms with E-state index in [9.17, 15) is 14.4 Å². The number of aryl methyl sites for hydroxylation is 2. The molecule has 0 amide bonds. The second kappa shape index (κ2) is 21.7. The molecule has 0 aliphatic heterocycles. The molecule has 6 rings (SSSR count). The Morgan fingerprint density at radius 3 is 1.20 bits per heavy atom. The first-order valence-corrected chi connectivity index (χ1v) is 20.0. The number of esters is 3. The summed E-state index contributed by atoms with van der Waals surface area (Å²) >= 11 is 0. The molecule has 6 aromatic carbocycles. The van der Waals surface area contributed by atoms with Crippen LogP contribution in [-0.4, -0.2) is 76.4 Å². The van der Waals surface area contributed by atoms with E-state index in [1.165, 1.54) is 0 Å². The zero-order valence-corrected chi connectivity index (χ0v) is 34.9. The molecule has 0 bridgehead atoms. The lowest BCUT2D eigenvalue weighted by molar-refractivity contribution is -0.0545. The van der Waals surface area contributed by atoms with Crippen molar-refractivity contribution in [2.75, 3.05) is 40.2 Å². The quantitative estimate of drug-likeness (QED) is 0.0389. The van der Waals surface area contributed by atoms with E-state index in [4.69, 9.17) is 42.6 Å². The molecule has 318 valence electrons. The Morgan fingerprint density at radius 1 is 0.393 bits per heavy atom. The summed E-state index contributed by atoms with van der Waals surface area (Å²) in [6.45, 7) is 9.05. The summed E-state index contributed by atoms with van der Waals surface area (Å²) in [5, 5.41) is 2.71. The molecular formula is C49H50O12. The number of carbonyl (C=O) groups is 3. The highest BCUT2D eigenvalue weighted by molar-refractivity contribution is 6.07. The van der Waals surface area contributed by atoms with Gasteiger partial charge in [0.05, 0.1) is 35.0 Å². The van der Waals surface area contributed by atoms with Gasteiger partial charge in [0.25, 0.3) is 0 Å². The fourth-order valence-electron chi connectivity index (χ4n) is 6.29. The average Bonchev–Trinajstić information content (AvgIpc) is 3.27. The molecule has 0 aliphatic carbocycles. The van der Waals surface area contributed by atoms with Gasteiger partial charge in [-0.3, -0.25) is 0 Å². The van der Waals surface area contributed by atoms with Crippen LogP contribution < -0.4 is 14.2 Å². The predicted molar refractivity (Wildman–Crippen MR) is 229 cm³/mol. The molecule has 0 aliphatic rings. The highest BCUT2D eigenvalue weighted by atomic mass is 16.7. The average molecular weight is 831 g/mol. The molecular weight excluding hydrogens is 781 g/mol. The molecule has 0 fully saturated rings. The first kappa shape index (κ1) is 44.1. The van der Waals surface area contributed by atoms with Crippen LogP contribution in [-0.2, 0) is 28.4 Å². The number of hydrogen-bond donors (Lipinski definition) is 0. The molecule has 0 radical (unpaired) electrons. The third-order valence-electron chi connectivity index (χ3n) is 9.71. The Kier molecular flexibility index (Phi) is 15.7. The molecule has 0 N–H and O–H groups in total. The first-order chi connectivity index (χ1) is 29.6. The molecule has 12 heteroatoms. The predicted octanol–water partition coefficient (Wildman–Crippen LogP) is 9.41. The zero-order chi connectivity index (χ0) is 43.1. The third kappa shape index (κ3) is 12.1. The van der Waals surface area contributed by atoms with Crippen molar-refractivity contribution >= 4 is 39.5 Å². The van der Waals surface area contributed by atoms with Gasteiger partial charge in [0.15, 0.2) is 20.4 Å². The van der Waals surface area contributed by atoms with Crippen molar-refractivity contribution in [2.24, 2.45) is 0 Å². The Bertz CT molecular complexity index is 2430. The molecule has 0 heterocycles. The standard InChI is InChI=1S/C49H50O12/c1-32-14-6-8-16-37(32)47(50)53-26-34(3)57-30-60-45-24-12-18-39-40(45)19-11-22-43(39)49(52)55-28-36(5)58-31-61-46-25-13-17-38-41(46)20-10-21-42(38)48(51)54-27-35(4)56-29-59-44-23-9-7-15-33(44)2/h6-25,34-36H,26-31H2,1-5H3. The van der Waals surface area contributed by atoms with E-state index in [0.29, 0.717) is 49.7 Å². The first-order valence-electron chi connectivity index (χ1n) is 20.0. The maximum absolute atomic E-state index is 13.3. The third-order valence-corrected chi connectivity index (χ3v) is 9.71. The van der Waals surface area contributed by atoms with Crippen molar-refractivity contribution in [3.63, 3.8) is 0 Å². The minimum atomic E-state index is -0.524. The smallest absolute Gasteiger partial charge is 0.338 e. The number of carbonyl (C=O) groups excluding carboxylic acids is 3. The van der Waals surface area contributed by atoms with Crippen LogP contribution >= 0.6 is 0 Å². The number of benzene rings is 6. The summed E-state index contributed by atoms with van der Waals surface area (Å²) in [7, 11) is 0. The van der Waals surface area contributed by atoms with E-state index in [1.807, 2.05) is 74.5 Å². The Labute approximate surface area is 355 Å². The van der Waals surface area contributed by atoms with Gasteiger partial charge in [-0.2, -0.15) is 0 Å². The SMILES string of the molecule is Cc1ccccc1OCOC(C)COC(=O)c1cccc2c(OCOC(C)COC(=O)c3cccc4c(OCOC(C)COC(=O)c5ccccc5C)cccc34)cccc12. The van der Waals surface area contributed by atoms with Gasteiger partial charge in [-0.15, -0.1) is 0 Å². The van der Waals surface area contributed by atoms with Crippen molar-refractivity contribution in [2.45, 2.75) is 52.9 Å². The lowest BCUT2D eigenvalue weighted by Crippen LogP contribution is -2.22. The topological polar surface area (TPSA) is 134 Å². The van der Waals surface area contributed by atoms with Crippen LogP contribution in [0.1, 0.15) is 63.0 Å². The monoisotopic (exact) mass is 830 g/mol. The van der Waals surface area contributed by atoms with Crippen LogP contribution in [0, 0.1) is 13.8 Å². The molecule has 0 saturated carbocycles. The van der Waals surface area contributed by atoms with Gasteiger partial charge in [-0.25, -0.2) is 14.4 Å². The Hall–Kier alpha value is -6.47. The fraction of sp³-hybridized carbons (Fsp3) is 0.286. The fourth-order valence-corrected chi connectivity index (χ4v) is 6.29. The van der Waals surface area contributed by atoms with Gasteiger partial charge in [-0.1, -0.05) is 84.9 Å². The summed E-state index contributed by atoms with van der Waals surface area (Å²) in [6, 6.07) is 36.2. The van der Waals surface area contributed by atoms with Gasteiger partial charge < -0.3 is 42.6 Å². The van der Waals surface area contributed by atoms with Crippen molar-refractivity contribution in [1.29, 1.82) is 0 Å². The van der Waals surface area contributed by atoms with Crippen molar-refractivity contribution < 1.29 is 57.0 Å². The van der Waals surface area contributed by atoms with Gasteiger partial charge >= 0.3 is 17.9 Å². The Morgan fingerprint density at radius 2 is 0.738 bits per heavy atom. The minimum Gasteiger partial charge on any atom is -0.467 e. The summed E-state index contributed by atoms with van der Waals surface area (Å²) in [5.41, 5.74) is 3.10. The normalized spacial score (nSPS) is 12.6. The van der Waals surface area contributed by atoms with Gasteiger partial charge in [0, 0.05) is 10.8 Å². The van der Waals surface area contributed by atoms with Crippen LogP contribution in [0.2, 0.25) is 0 Å². The molecule has 61 heavy (non-hydrogen) atoms. The minimum absolute atomic E-state index is 0.0272. The van der Waals surface area contributed by atoms with E-state index < -0.39 is 36.2 Å². The summed E-state index contributed by atoms with van der Waals surface area (Å²) in [4.78, 5) is 38.9. The van der Waals surface area contributed by atoms with Crippen LogP contribution in [0.5, 0.6) is 17.2 Å². The van der Waals surface area contributed by atoms with E-state index >= 15 is 0 Å². The van der Waals surface area contributed by atoms with Crippen molar-refractivity contribution in [3.8, 4) is 17.2 Å². The van der Waals surface area contributed by atoms with Crippen molar-refractivity contribution in [1.82, 2.24) is 0 Å². The van der Waals surface area contributed by atoms with Gasteiger partial charge in [0.1, 0.15) is 37.1 Å². The number of para-hydroxylation sites is 1. The maximum atomic E-state index is 13.3. The highest BCUT2D eigenvalue weighted by Gasteiger charge is 2.18. The van der Waals surface area contributed by atoms with E-state index in [-0.39, 0.29) is 40.2 Å². The molecule has 12 nitrogen and oxygen atoms in total. The van der Waals surface area contributed by atoms with Gasteiger partial charge in [0.2, 0.25) is 0 Å². The summed E-state index contributed by atoms with van der Waals surface area (Å²) < 4.78 is 51.5. The number of rotatable bonds is 21. The number of ether oxygens (including phenoxy) is 9. The largest absolute Gasteiger partial charge is 0.467 e. The van der Waals surface area contributed by atoms with E-state index in [1.54, 1.807) is 81.4 Å². The van der Waals surface area contributed by atoms with Crippen LogP contribution in [0.15, 0.2) is 121 Å². The Balaban J connectivity index is 0.944. The van der Waals surface area contributed by atoms with E-state index in [2.05, 4.69) is 0 Å². The molecule has 0 saturated heterocycles. The van der Waals surface area contributed by atoms with Crippen LogP contribution in [0.4, 0.5) is 0 Å². The second-order valence-corrected chi connectivity index (χ2v) is 14.4. The summed E-state index contributed by atoms with van der Waals surface area (Å²) in [5.74, 6) is 0.331. The summed E-state index contributed by atoms with van der Waals surface area (Å²) in [6.07, 6.45) is -1.31. The van der Waals surface area contributed by atoms with Crippen LogP contribution in [0.25, 0.3) is 21.5 Å². The van der Waals surface area contributed by atoms with E-state index in [0.717, 1.165) is 16.9 Å². The zero-order valence-electron chi connectivity index (χ0n) is 34.9. The molecule has 3 unspecified atom stereocenters. The highest BCUT2D eigenvalue weighted by Crippen LogP contribution is 2.30. The molecule has 0 aromatic heterocycles. The number of hydrogen-bond acceptors (Lipinski definition) is 12. The van der Waals surface area contributed by atoms with Crippen molar-refractivity contribution in [3.05, 3.63) is 149 Å². The van der Waals surface area contributed by atoms with Crippen LogP contribution in [0.3, 0.4) is 0 Å². The second-order valence-electron chi connectivity index (χ2n) is 14.4.